The van der Waals surface area contributed by atoms with E-state index < -0.39 is 17.3 Å². The van der Waals surface area contributed by atoms with Crippen molar-refractivity contribution in [2.24, 2.45) is 0 Å². The lowest BCUT2D eigenvalue weighted by atomic mass is 10.1. The van der Waals surface area contributed by atoms with Crippen molar-refractivity contribution < 1.29 is 9.50 Å². The van der Waals surface area contributed by atoms with Gasteiger partial charge < -0.3 is 10.1 Å². The number of benzene rings is 1. The van der Waals surface area contributed by atoms with E-state index in [0.29, 0.717) is 5.82 Å². The van der Waals surface area contributed by atoms with Crippen LogP contribution in [0.5, 0.6) is 5.88 Å². The molecule has 0 amide bonds. The smallest absolute Gasteiger partial charge is 0.262 e. The molecule has 0 saturated carbocycles. The molecule has 5 heteroatoms. The minimum atomic E-state index is -0.568. The maximum atomic E-state index is 13.7. The summed E-state index contributed by atoms with van der Waals surface area (Å²) in [6, 6.07) is 5.78. The van der Waals surface area contributed by atoms with Crippen molar-refractivity contribution in [3.63, 3.8) is 0 Å². The Kier molecular flexibility index (Phi) is 3.64. The Morgan fingerprint density at radius 3 is 2.68 bits per heavy atom. The highest BCUT2D eigenvalue weighted by Crippen LogP contribution is 2.27. The number of halogens is 1. The van der Waals surface area contributed by atoms with Crippen molar-refractivity contribution in [3.05, 3.63) is 46.3 Å². The van der Waals surface area contributed by atoms with E-state index in [2.05, 4.69) is 9.97 Å². The quantitative estimate of drug-likeness (QED) is 0.893. The third-order valence-corrected chi connectivity index (χ3v) is 3.14. The predicted octanol–water partition coefficient (Wildman–Crippen LogP) is 2.80. The average molecular weight is 262 g/mol. The van der Waals surface area contributed by atoms with Crippen LogP contribution in [0.4, 0.5) is 4.39 Å². The van der Waals surface area contributed by atoms with Crippen LogP contribution in [0.1, 0.15) is 32.0 Å². The van der Waals surface area contributed by atoms with Crippen LogP contribution >= 0.6 is 0 Å². The van der Waals surface area contributed by atoms with E-state index in [1.54, 1.807) is 6.07 Å². The maximum Gasteiger partial charge on any atom is 0.262 e. The lowest BCUT2D eigenvalue weighted by molar-refractivity contribution is 0.446. The highest BCUT2D eigenvalue weighted by atomic mass is 19.1. The fourth-order valence-electron chi connectivity index (χ4n) is 1.81. The lowest BCUT2D eigenvalue weighted by Gasteiger charge is -2.10. The van der Waals surface area contributed by atoms with Crippen molar-refractivity contribution in [2.75, 3.05) is 0 Å². The highest BCUT2D eigenvalue weighted by Gasteiger charge is 2.17. The minimum absolute atomic E-state index is 0.0215. The third-order valence-electron chi connectivity index (χ3n) is 3.14. The van der Waals surface area contributed by atoms with Gasteiger partial charge in [0.15, 0.2) is 0 Å². The van der Waals surface area contributed by atoms with E-state index in [1.165, 1.54) is 18.2 Å². The van der Waals surface area contributed by atoms with Crippen molar-refractivity contribution in [1.29, 1.82) is 0 Å². The standard InChI is InChI=1S/C14H15FN2O2/c1-3-8(2)12-16-13(18)11(14(19)17-12)9-6-4-5-7-10(9)15/h4-8H,3H2,1-2H3,(H2,16,17,18,19). The SMILES string of the molecule is CCC(C)c1nc(O)c(-c2ccccc2F)c(=O)[nH]1. The van der Waals surface area contributed by atoms with Crippen LogP contribution in [0.2, 0.25) is 0 Å². The number of nitrogens with zero attached hydrogens (tertiary/aromatic N) is 1. The number of aromatic hydroxyl groups is 1. The summed E-state index contributed by atoms with van der Waals surface area (Å²) >= 11 is 0. The van der Waals surface area contributed by atoms with E-state index in [1.807, 2.05) is 13.8 Å². The van der Waals surface area contributed by atoms with Crippen molar-refractivity contribution in [1.82, 2.24) is 9.97 Å². The highest BCUT2D eigenvalue weighted by molar-refractivity contribution is 5.67. The second-order valence-electron chi connectivity index (χ2n) is 4.44. The summed E-state index contributed by atoms with van der Waals surface area (Å²) < 4.78 is 13.7. The molecule has 1 aromatic carbocycles. The average Bonchev–Trinajstić information content (AvgIpc) is 2.39. The molecule has 2 aromatic rings. The summed E-state index contributed by atoms with van der Waals surface area (Å²) in [5.74, 6) is -0.580. The summed E-state index contributed by atoms with van der Waals surface area (Å²) in [6.45, 7) is 3.84. The van der Waals surface area contributed by atoms with Gasteiger partial charge in [0, 0.05) is 11.5 Å². The molecule has 19 heavy (non-hydrogen) atoms. The largest absolute Gasteiger partial charge is 0.493 e. The molecule has 100 valence electrons. The molecule has 1 heterocycles. The van der Waals surface area contributed by atoms with E-state index in [0.717, 1.165) is 6.42 Å². The zero-order chi connectivity index (χ0) is 14.0. The number of H-pyrrole nitrogens is 1. The topological polar surface area (TPSA) is 66.0 Å². The molecule has 0 radical (unpaired) electrons. The normalized spacial score (nSPS) is 12.4. The number of aromatic nitrogens is 2. The van der Waals surface area contributed by atoms with Gasteiger partial charge in [-0.3, -0.25) is 4.79 Å². The molecule has 2 N–H and O–H groups in total. The Morgan fingerprint density at radius 2 is 2.11 bits per heavy atom. The van der Waals surface area contributed by atoms with Gasteiger partial charge in [-0.25, -0.2) is 4.39 Å². The molecule has 1 atom stereocenters. The second kappa shape index (κ2) is 5.22. The Hall–Kier alpha value is -2.17. The number of rotatable bonds is 3. The fraction of sp³-hybridized carbons (Fsp3) is 0.286. The van der Waals surface area contributed by atoms with Crippen LogP contribution in [-0.4, -0.2) is 15.1 Å². The predicted molar refractivity (Wildman–Crippen MR) is 70.6 cm³/mol. The van der Waals surface area contributed by atoms with Gasteiger partial charge in [-0.15, -0.1) is 0 Å². The van der Waals surface area contributed by atoms with E-state index in [4.69, 9.17) is 0 Å². The second-order valence-corrected chi connectivity index (χ2v) is 4.44. The summed E-state index contributed by atoms with van der Waals surface area (Å²) in [7, 11) is 0. The molecule has 0 bridgehead atoms. The maximum absolute atomic E-state index is 13.7. The first kappa shape index (κ1) is 13.3. The summed E-state index contributed by atoms with van der Waals surface area (Å²) in [5.41, 5.74) is -0.623. The van der Waals surface area contributed by atoms with Gasteiger partial charge in [0.25, 0.3) is 5.56 Å². The van der Waals surface area contributed by atoms with Crippen LogP contribution in [0.25, 0.3) is 11.1 Å². The van der Waals surface area contributed by atoms with Crippen molar-refractivity contribution in [2.45, 2.75) is 26.2 Å². The third kappa shape index (κ3) is 2.50. The molecular formula is C14H15FN2O2. The Labute approximate surface area is 110 Å². The first-order valence-corrected chi connectivity index (χ1v) is 6.12. The molecule has 0 fully saturated rings. The first-order valence-electron chi connectivity index (χ1n) is 6.12. The molecule has 0 aliphatic carbocycles. The number of hydrogen-bond acceptors (Lipinski definition) is 3. The molecule has 0 saturated heterocycles. The summed E-state index contributed by atoms with van der Waals surface area (Å²) in [5, 5.41) is 9.90. The zero-order valence-electron chi connectivity index (χ0n) is 10.8. The van der Waals surface area contributed by atoms with Crippen LogP contribution in [-0.2, 0) is 0 Å². The Bertz CT molecular complexity index is 652. The molecule has 1 aromatic heterocycles. The number of hydrogen-bond donors (Lipinski definition) is 2. The van der Waals surface area contributed by atoms with Crippen LogP contribution in [0, 0.1) is 5.82 Å². The fourth-order valence-corrected chi connectivity index (χ4v) is 1.81. The van der Waals surface area contributed by atoms with Gasteiger partial charge >= 0.3 is 0 Å². The molecule has 0 spiro atoms. The van der Waals surface area contributed by atoms with Crippen LogP contribution in [0.3, 0.4) is 0 Å². The van der Waals surface area contributed by atoms with Gasteiger partial charge in [-0.1, -0.05) is 32.0 Å². The van der Waals surface area contributed by atoms with E-state index >= 15 is 0 Å². The van der Waals surface area contributed by atoms with Gasteiger partial charge in [-0.05, 0) is 12.5 Å². The molecule has 0 aliphatic rings. The lowest BCUT2D eigenvalue weighted by Crippen LogP contribution is -2.16. The monoisotopic (exact) mass is 262 g/mol. The van der Waals surface area contributed by atoms with Gasteiger partial charge in [-0.2, -0.15) is 4.98 Å². The summed E-state index contributed by atoms with van der Waals surface area (Å²) in [4.78, 5) is 18.6. The summed E-state index contributed by atoms with van der Waals surface area (Å²) in [6.07, 6.45) is 0.779. The van der Waals surface area contributed by atoms with Crippen LogP contribution < -0.4 is 5.56 Å². The molecule has 0 aliphatic heterocycles. The molecule has 1 unspecified atom stereocenters. The number of nitrogens with one attached hydrogen (secondary N) is 1. The number of aromatic amines is 1. The zero-order valence-corrected chi connectivity index (χ0v) is 10.8. The van der Waals surface area contributed by atoms with E-state index in [9.17, 15) is 14.3 Å². The van der Waals surface area contributed by atoms with Gasteiger partial charge in [0.05, 0.1) is 0 Å². The molecular weight excluding hydrogens is 247 g/mol. The molecule has 2 rings (SSSR count). The molecule has 4 nitrogen and oxygen atoms in total. The first-order chi connectivity index (χ1) is 9.04. The van der Waals surface area contributed by atoms with Crippen LogP contribution in [0.15, 0.2) is 29.1 Å². The minimum Gasteiger partial charge on any atom is -0.493 e. The van der Waals surface area contributed by atoms with Crippen molar-refractivity contribution >= 4 is 0 Å². The van der Waals surface area contributed by atoms with E-state index in [-0.39, 0.29) is 17.0 Å². The Morgan fingerprint density at radius 1 is 1.42 bits per heavy atom. The van der Waals surface area contributed by atoms with Gasteiger partial charge in [0.1, 0.15) is 17.2 Å². The van der Waals surface area contributed by atoms with Crippen molar-refractivity contribution in [3.8, 4) is 17.0 Å². The Balaban J connectivity index is 2.61. The van der Waals surface area contributed by atoms with Gasteiger partial charge in [0.2, 0.25) is 5.88 Å².